The van der Waals surface area contributed by atoms with E-state index >= 15 is 0 Å². The smallest absolute Gasteiger partial charge is 0.237 e. The van der Waals surface area contributed by atoms with Gasteiger partial charge in [0.15, 0.2) is 10.9 Å². The van der Waals surface area contributed by atoms with Crippen molar-refractivity contribution in [3.8, 4) is 11.6 Å². The first-order valence-electron chi connectivity index (χ1n) is 9.34. The number of carbonyl (C=O) groups excluding carboxylic acids is 1. The van der Waals surface area contributed by atoms with Crippen molar-refractivity contribution in [2.45, 2.75) is 37.2 Å². The van der Waals surface area contributed by atoms with Crippen molar-refractivity contribution in [1.29, 1.82) is 0 Å². The van der Waals surface area contributed by atoms with Gasteiger partial charge in [-0.25, -0.2) is 0 Å². The Kier molecular flexibility index (Phi) is 5.35. The Morgan fingerprint density at radius 1 is 1.14 bits per heavy atom. The molecule has 1 amide bonds. The molecular weight excluding hydrogens is 386 g/mol. The Labute approximate surface area is 172 Å². The molecule has 1 unspecified atom stereocenters. The largest absolute Gasteiger partial charge is 0.453 e. The van der Waals surface area contributed by atoms with Crippen molar-refractivity contribution < 1.29 is 9.21 Å². The highest BCUT2D eigenvalue weighted by Gasteiger charge is 2.24. The van der Waals surface area contributed by atoms with Gasteiger partial charge in [-0.3, -0.25) is 14.3 Å². The molecule has 7 nitrogen and oxygen atoms in total. The van der Waals surface area contributed by atoms with E-state index in [0.717, 1.165) is 11.0 Å². The van der Waals surface area contributed by atoms with Crippen molar-refractivity contribution in [3.63, 3.8) is 0 Å². The van der Waals surface area contributed by atoms with Crippen LogP contribution in [-0.2, 0) is 4.79 Å². The van der Waals surface area contributed by atoms with Crippen molar-refractivity contribution in [1.82, 2.24) is 19.7 Å². The molecule has 3 aromatic heterocycles. The standard InChI is InChI=1S/C21H21N5O2S/c1-13(2)26-19(18-11-15-7-4-5-9-17(15)28-18)24-25-21(26)29-14(3)20(27)23-16-8-6-10-22-12-16/h4-14H,1-3H3,(H,23,27). The molecule has 4 rings (SSSR count). The fraction of sp³-hybridized carbons (Fsp3) is 0.238. The number of rotatable bonds is 6. The number of furan rings is 1. The van der Waals surface area contributed by atoms with Crippen molar-refractivity contribution in [2.75, 3.05) is 5.32 Å². The quantitative estimate of drug-likeness (QED) is 0.463. The normalized spacial score (nSPS) is 12.4. The van der Waals surface area contributed by atoms with Gasteiger partial charge in [0.25, 0.3) is 0 Å². The molecule has 0 aliphatic rings. The molecule has 3 heterocycles. The fourth-order valence-electron chi connectivity index (χ4n) is 2.98. The second-order valence-corrected chi connectivity index (χ2v) is 8.22. The van der Waals surface area contributed by atoms with Gasteiger partial charge in [-0.15, -0.1) is 10.2 Å². The van der Waals surface area contributed by atoms with Crippen molar-refractivity contribution in [2.24, 2.45) is 0 Å². The topological polar surface area (TPSA) is 85.8 Å². The van der Waals surface area contributed by atoms with Gasteiger partial charge in [0, 0.05) is 17.6 Å². The minimum atomic E-state index is -0.361. The maximum atomic E-state index is 12.6. The zero-order valence-corrected chi connectivity index (χ0v) is 17.2. The molecule has 0 saturated heterocycles. The Morgan fingerprint density at radius 3 is 2.69 bits per heavy atom. The second-order valence-electron chi connectivity index (χ2n) is 6.91. The lowest BCUT2D eigenvalue weighted by atomic mass is 10.2. The third kappa shape index (κ3) is 4.02. The SMILES string of the molecule is CC(Sc1nnc(-c2cc3ccccc3o2)n1C(C)C)C(=O)Nc1cccnc1. The first-order chi connectivity index (χ1) is 14.0. The predicted octanol–water partition coefficient (Wildman–Crippen LogP) is 4.79. The number of para-hydroxylation sites is 1. The first-order valence-corrected chi connectivity index (χ1v) is 10.2. The number of nitrogens with one attached hydrogen (secondary N) is 1. The van der Waals surface area contributed by atoms with Crippen molar-refractivity contribution in [3.05, 3.63) is 54.9 Å². The van der Waals surface area contributed by atoms with Crippen LogP contribution in [0.15, 0.2) is 64.4 Å². The monoisotopic (exact) mass is 407 g/mol. The molecule has 0 aliphatic carbocycles. The summed E-state index contributed by atoms with van der Waals surface area (Å²) in [7, 11) is 0. The molecule has 8 heteroatoms. The number of carbonyl (C=O) groups is 1. The molecule has 0 radical (unpaired) electrons. The molecule has 0 saturated carbocycles. The van der Waals surface area contributed by atoms with E-state index in [1.165, 1.54) is 11.8 Å². The number of nitrogens with zero attached hydrogens (tertiary/aromatic N) is 4. The van der Waals surface area contributed by atoms with Crippen LogP contribution in [0.1, 0.15) is 26.8 Å². The highest BCUT2D eigenvalue weighted by atomic mass is 32.2. The summed E-state index contributed by atoms with van der Waals surface area (Å²) >= 11 is 1.36. The zero-order valence-electron chi connectivity index (χ0n) is 16.4. The van der Waals surface area contributed by atoms with Crippen LogP contribution < -0.4 is 5.32 Å². The predicted molar refractivity (Wildman–Crippen MR) is 114 cm³/mol. The van der Waals surface area contributed by atoms with E-state index in [9.17, 15) is 4.79 Å². The first kappa shape index (κ1) is 19.2. The average molecular weight is 407 g/mol. The molecule has 1 N–H and O–H groups in total. The van der Waals surface area contributed by atoms with Gasteiger partial charge < -0.3 is 9.73 Å². The van der Waals surface area contributed by atoms with Gasteiger partial charge in [-0.05, 0) is 45.0 Å². The van der Waals surface area contributed by atoms with E-state index in [4.69, 9.17) is 4.42 Å². The molecule has 0 fully saturated rings. The molecule has 29 heavy (non-hydrogen) atoms. The van der Waals surface area contributed by atoms with E-state index in [1.807, 2.05) is 41.8 Å². The van der Waals surface area contributed by atoms with Crippen LogP contribution in [-0.4, -0.2) is 30.9 Å². The summed E-state index contributed by atoms with van der Waals surface area (Å²) in [6.45, 7) is 5.95. The van der Waals surface area contributed by atoms with E-state index < -0.39 is 0 Å². The fourth-order valence-corrected chi connectivity index (χ4v) is 3.96. The second kappa shape index (κ2) is 8.08. The van der Waals surface area contributed by atoms with Crippen LogP contribution in [0, 0.1) is 0 Å². The van der Waals surface area contributed by atoms with E-state index in [-0.39, 0.29) is 17.2 Å². The van der Waals surface area contributed by atoms with Gasteiger partial charge in [-0.1, -0.05) is 30.0 Å². The Hall–Kier alpha value is -3.13. The summed E-state index contributed by atoms with van der Waals surface area (Å²) < 4.78 is 7.97. The van der Waals surface area contributed by atoms with Crippen LogP contribution >= 0.6 is 11.8 Å². The van der Waals surface area contributed by atoms with E-state index in [1.54, 1.807) is 24.5 Å². The molecule has 1 aromatic carbocycles. The van der Waals surface area contributed by atoms with Gasteiger partial charge in [0.1, 0.15) is 5.58 Å². The molecule has 4 aromatic rings. The van der Waals surface area contributed by atoms with Gasteiger partial charge in [-0.2, -0.15) is 0 Å². The number of benzene rings is 1. The third-order valence-electron chi connectivity index (χ3n) is 4.41. The maximum Gasteiger partial charge on any atom is 0.237 e. The highest BCUT2D eigenvalue weighted by Crippen LogP contribution is 2.33. The molecule has 148 valence electrons. The molecule has 0 bridgehead atoms. The van der Waals surface area contributed by atoms with Crippen molar-refractivity contribution >= 4 is 34.3 Å². The summed E-state index contributed by atoms with van der Waals surface area (Å²) in [5.74, 6) is 1.19. The average Bonchev–Trinajstić information content (AvgIpc) is 3.32. The van der Waals surface area contributed by atoms with Gasteiger partial charge in [0.05, 0.1) is 17.1 Å². The lowest BCUT2D eigenvalue weighted by Gasteiger charge is -2.15. The van der Waals surface area contributed by atoms with Crippen LogP contribution in [0.5, 0.6) is 0 Å². The number of thioether (sulfide) groups is 1. The minimum Gasteiger partial charge on any atom is -0.453 e. The Morgan fingerprint density at radius 2 is 1.97 bits per heavy atom. The summed E-state index contributed by atoms with van der Waals surface area (Å²) in [5, 5.41) is 12.9. The molecule has 0 aliphatic heterocycles. The van der Waals surface area contributed by atoms with Crippen LogP contribution in [0.2, 0.25) is 0 Å². The summed E-state index contributed by atoms with van der Waals surface area (Å²) in [6.07, 6.45) is 3.28. The van der Waals surface area contributed by atoms with Crippen LogP contribution in [0.4, 0.5) is 5.69 Å². The molecule has 1 atom stereocenters. The van der Waals surface area contributed by atoms with Crippen LogP contribution in [0.3, 0.4) is 0 Å². The number of aromatic nitrogens is 4. The Balaban J connectivity index is 1.58. The van der Waals surface area contributed by atoms with E-state index in [2.05, 4.69) is 34.3 Å². The zero-order chi connectivity index (χ0) is 20.4. The Bertz CT molecular complexity index is 1100. The van der Waals surface area contributed by atoms with Gasteiger partial charge in [0.2, 0.25) is 11.7 Å². The third-order valence-corrected chi connectivity index (χ3v) is 5.46. The number of fused-ring (bicyclic) bond motifs is 1. The summed E-state index contributed by atoms with van der Waals surface area (Å²) in [5.41, 5.74) is 1.47. The molecular formula is C21H21N5O2S. The number of pyridine rings is 1. The highest BCUT2D eigenvalue weighted by molar-refractivity contribution is 8.00. The number of hydrogen-bond acceptors (Lipinski definition) is 6. The van der Waals surface area contributed by atoms with Crippen LogP contribution in [0.25, 0.3) is 22.6 Å². The number of anilines is 1. The number of hydrogen-bond donors (Lipinski definition) is 1. The minimum absolute atomic E-state index is 0.101. The summed E-state index contributed by atoms with van der Waals surface area (Å²) in [6, 6.07) is 13.5. The van der Waals surface area contributed by atoms with Gasteiger partial charge >= 0.3 is 0 Å². The lowest BCUT2D eigenvalue weighted by Crippen LogP contribution is -2.23. The lowest BCUT2D eigenvalue weighted by molar-refractivity contribution is -0.115. The maximum absolute atomic E-state index is 12.6. The molecule has 0 spiro atoms. The number of amides is 1. The van der Waals surface area contributed by atoms with E-state index in [0.29, 0.717) is 22.4 Å². The summed E-state index contributed by atoms with van der Waals surface area (Å²) in [4.78, 5) is 16.6.